The number of aliphatic hydroxyl groups excluding tert-OH is 1. The Morgan fingerprint density at radius 2 is 1.64 bits per heavy atom. The van der Waals surface area contributed by atoms with Crippen molar-refractivity contribution in [1.82, 2.24) is 0 Å². The van der Waals surface area contributed by atoms with Gasteiger partial charge in [-0.15, -0.1) is 0 Å². The summed E-state index contributed by atoms with van der Waals surface area (Å²) >= 11 is 12.4. The topological polar surface area (TPSA) is 66.8 Å². The number of halogens is 3. The summed E-state index contributed by atoms with van der Waals surface area (Å²) in [5.41, 5.74) is 2.69. The molecule has 1 amide bonds. The SMILES string of the molecule is Cc1cc(/C(O)=C2/C(=O)C(=O)N(c3ccc(F)cc3)C2c2ccc(Cl)c(Cl)c2)ccc1OCc1ccccc1. The molecule has 0 aromatic heterocycles. The van der Waals surface area contributed by atoms with Crippen LogP contribution >= 0.6 is 23.2 Å². The maximum Gasteiger partial charge on any atom is 0.300 e. The van der Waals surface area contributed by atoms with Gasteiger partial charge < -0.3 is 9.84 Å². The molecule has 39 heavy (non-hydrogen) atoms. The van der Waals surface area contributed by atoms with Crippen molar-refractivity contribution >= 4 is 46.3 Å². The number of aryl methyl sites for hydroxylation is 1. The van der Waals surface area contributed by atoms with Crippen molar-refractivity contribution in [3.05, 3.63) is 135 Å². The van der Waals surface area contributed by atoms with Crippen LogP contribution < -0.4 is 9.64 Å². The van der Waals surface area contributed by atoms with Gasteiger partial charge in [0.1, 0.15) is 23.9 Å². The first-order valence-electron chi connectivity index (χ1n) is 12.0. The van der Waals surface area contributed by atoms with Crippen LogP contribution in [0.3, 0.4) is 0 Å². The molecule has 1 aliphatic heterocycles. The van der Waals surface area contributed by atoms with Crippen molar-refractivity contribution in [2.24, 2.45) is 0 Å². The van der Waals surface area contributed by atoms with Crippen LogP contribution in [0.25, 0.3) is 5.76 Å². The lowest BCUT2D eigenvalue weighted by atomic mass is 9.94. The number of amides is 1. The van der Waals surface area contributed by atoms with Crippen molar-refractivity contribution in [1.29, 1.82) is 0 Å². The minimum atomic E-state index is -1.03. The van der Waals surface area contributed by atoms with E-state index < -0.39 is 23.5 Å². The maximum atomic E-state index is 13.7. The summed E-state index contributed by atoms with van der Waals surface area (Å²) in [5.74, 6) is -1.98. The molecule has 0 saturated carbocycles. The molecular weight excluding hydrogens is 540 g/mol. The lowest BCUT2D eigenvalue weighted by Crippen LogP contribution is -2.29. The first-order chi connectivity index (χ1) is 18.7. The van der Waals surface area contributed by atoms with Crippen LogP contribution in [-0.4, -0.2) is 16.8 Å². The van der Waals surface area contributed by atoms with Gasteiger partial charge in [-0.3, -0.25) is 14.5 Å². The number of carbonyl (C=O) groups excluding carboxylic acids is 2. The molecule has 196 valence electrons. The third kappa shape index (κ3) is 5.26. The number of ether oxygens (including phenoxy) is 1. The molecule has 4 aromatic carbocycles. The van der Waals surface area contributed by atoms with Gasteiger partial charge in [0.05, 0.1) is 21.7 Å². The summed E-state index contributed by atoms with van der Waals surface area (Å²) in [4.78, 5) is 27.8. The van der Waals surface area contributed by atoms with Gasteiger partial charge in [0, 0.05) is 11.3 Å². The van der Waals surface area contributed by atoms with E-state index >= 15 is 0 Å². The molecule has 1 saturated heterocycles. The second-order valence-corrected chi connectivity index (χ2v) is 9.89. The average Bonchev–Trinajstić information content (AvgIpc) is 3.20. The Hall–Kier alpha value is -4.13. The van der Waals surface area contributed by atoms with Gasteiger partial charge in [-0.2, -0.15) is 0 Å². The largest absolute Gasteiger partial charge is 0.507 e. The van der Waals surface area contributed by atoms with E-state index in [1.54, 1.807) is 30.3 Å². The smallest absolute Gasteiger partial charge is 0.300 e. The summed E-state index contributed by atoms with van der Waals surface area (Å²) in [5, 5.41) is 11.9. The first-order valence-corrected chi connectivity index (χ1v) is 12.8. The molecule has 1 N–H and O–H groups in total. The lowest BCUT2D eigenvalue weighted by molar-refractivity contribution is -0.132. The lowest BCUT2D eigenvalue weighted by Gasteiger charge is -2.25. The molecule has 1 aliphatic rings. The van der Waals surface area contributed by atoms with Crippen molar-refractivity contribution in [3.8, 4) is 5.75 Å². The van der Waals surface area contributed by atoms with Gasteiger partial charge in [-0.05, 0) is 78.2 Å². The Kier molecular flexibility index (Phi) is 7.42. The molecule has 1 heterocycles. The molecule has 1 fully saturated rings. The highest BCUT2D eigenvalue weighted by molar-refractivity contribution is 6.51. The number of ketones is 1. The Balaban J connectivity index is 1.57. The second-order valence-electron chi connectivity index (χ2n) is 9.07. The zero-order valence-electron chi connectivity index (χ0n) is 20.7. The molecule has 0 spiro atoms. The number of rotatable bonds is 6. The predicted molar refractivity (Wildman–Crippen MR) is 150 cm³/mol. The minimum Gasteiger partial charge on any atom is -0.507 e. The monoisotopic (exact) mass is 561 g/mol. The fourth-order valence-corrected chi connectivity index (χ4v) is 4.85. The summed E-state index contributed by atoms with van der Waals surface area (Å²) in [6.07, 6.45) is 0. The van der Waals surface area contributed by atoms with Crippen LogP contribution in [0.4, 0.5) is 10.1 Å². The van der Waals surface area contributed by atoms with E-state index in [2.05, 4.69) is 0 Å². The van der Waals surface area contributed by atoms with Crippen molar-refractivity contribution < 1.29 is 23.8 Å². The molecule has 0 bridgehead atoms. The predicted octanol–water partition coefficient (Wildman–Crippen LogP) is 7.65. The number of carbonyl (C=O) groups is 2. The fraction of sp³-hybridized carbons (Fsp3) is 0.0968. The summed E-state index contributed by atoms with van der Waals surface area (Å²) in [7, 11) is 0. The molecule has 8 heteroatoms. The Morgan fingerprint density at radius 1 is 0.923 bits per heavy atom. The van der Waals surface area contributed by atoms with Gasteiger partial charge in [0.2, 0.25) is 0 Å². The number of nitrogens with zero attached hydrogens (tertiary/aromatic N) is 1. The van der Waals surface area contributed by atoms with E-state index in [0.29, 0.717) is 28.5 Å². The van der Waals surface area contributed by atoms with E-state index in [0.717, 1.165) is 11.1 Å². The summed E-state index contributed by atoms with van der Waals surface area (Å²) in [6, 6.07) is 23.6. The van der Waals surface area contributed by atoms with E-state index in [1.165, 1.54) is 35.2 Å². The first kappa shape index (κ1) is 26.5. The number of anilines is 1. The summed E-state index contributed by atoms with van der Waals surface area (Å²) in [6.45, 7) is 2.19. The number of hydrogen-bond donors (Lipinski definition) is 1. The Morgan fingerprint density at radius 3 is 2.31 bits per heavy atom. The zero-order valence-corrected chi connectivity index (χ0v) is 22.2. The van der Waals surface area contributed by atoms with Gasteiger partial charge >= 0.3 is 0 Å². The molecule has 1 atom stereocenters. The molecule has 4 aromatic rings. The highest BCUT2D eigenvalue weighted by atomic mass is 35.5. The minimum absolute atomic E-state index is 0.125. The molecule has 1 unspecified atom stereocenters. The van der Waals surface area contributed by atoms with Gasteiger partial charge in [0.25, 0.3) is 11.7 Å². The zero-order chi connectivity index (χ0) is 27.7. The van der Waals surface area contributed by atoms with Crippen LogP contribution in [0.1, 0.15) is 28.3 Å². The van der Waals surface area contributed by atoms with Gasteiger partial charge in [-0.1, -0.05) is 59.6 Å². The van der Waals surface area contributed by atoms with Crippen LogP contribution in [0.2, 0.25) is 10.0 Å². The van der Waals surface area contributed by atoms with E-state index in [4.69, 9.17) is 27.9 Å². The van der Waals surface area contributed by atoms with E-state index in [1.807, 2.05) is 37.3 Å². The van der Waals surface area contributed by atoms with Gasteiger partial charge in [-0.25, -0.2) is 4.39 Å². The molecular formula is C31H22Cl2FNO4. The molecule has 0 radical (unpaired) electrons. The van der Waals surface area contributed by atoms with Crippen LogP contribution in [0.5, 0.6) is 5.75 Å². The normalized spacial score (nSPS) is 16.5. The fourth-order valence-electron chi connectivity index (χ4n) is 4.55. The summed E-state index contributed by atoms with van der Waals surface area (Å²) < 4.78 is 19.6. The molecule has 5 nitrogen and oxygen atoms in total. The molecule has 5 rings (SSSR count). The number of Topliss-reactive ketones (excluding diaryl/α,β-unsaturated/α-hetero) is 1. The van der Waals surface area contributed by atoms with Crippen LogP contribution in [0, 0.1) is 12.7 Å². The number of aliphatic hydroxyl groups is 1. The van der Waals surface area contributed by atoms with Crippen molar-refractivity contribution in [2.75, 3.05) is 4.90 Å². The van der Waals surface area contributed by atoms with Crippen LogP contribution in [-0.2, 0) is 16.2 Å². The van der Waals surface area contributed by atoms with Gasteiger partial charge in [0.15, 0.2) is 0 Å². The number of benzene rings is 4. The maximum absolute atomic E-state index is 13.7. The second kappa shape index (κ2) is 10.9. The van der Waals surface area contributed by atoms with Crippen LogP contribution in [0.15, 0.2) is 96.6 Å². The van der Waals surface area contributed by atoms with Crippen molar-refractivity contribution in [2.45, 2.75) is 19.6 Å². The van der Waals surface area contributed by atoms with E-state index in [-0.39, 0.29) is 22.0 Å². The highest BCUT2D eigenvalue weighted by Crippen LogP contribution is 2.43. The highest BCUT2D eigenvalue weighted by Gasteiger charge is 2.47. The Bertz CT molecular complexity index is 1600. The molecule has 0 aliphatic carbocycles. The third-order valence-corrected chi connectivity index (χ3v) is 7.23. The number of hydrogen-bond acceptors (Lipinski definition) is 4. The van der Waals surface area contributed by atoms with E-state index in [9.17, 15) is 19.1 Å². The average molecular weight is 562 g/mol. The van der Waals surface area contributed by atoms with Crippen molar-refractivity contribution in [3.63, 3.8) is 0 Å². The third-order valence-electron chi connectivity index (χ3n) is 6.49. The quantitative estimate of drug-likeness (QED) is 0.149. The Labute approximate surface area is 234 Å². The standard InChI is InChI=1S/C31H22Cl2FNO4/c1-18-15-21(8-14-26(18)39-17-19-5-3-2-4-6-19)29(36)27-28(20-7-13-24(32)25(33)16-20)35(31(38)30(27)37)23-11-9-22(34)10-12-23/h2-16,28,36H,17H2,1H3/b29-27-.